The van der Waals surface area contributed by atoms with Gasteiger partial charge in [0.25, 0.3) is 11.8 Å². The molecule has 0 radical (unpaired) electrons. The van der Waals surface area contributed by atoms with Gasteiger partial charge in [0, 0.05) is 101 Å². The number of aliphatic carboxylic acids is 6. The van der Waals surface area contributed by atoms with Crippen molar-refractivity contribution in [3.63, 3.8) is 0 Å². The van der Waals surface area contributed by atoms with Crippen LogP contribution in [0.5, 0.6) is 0 Å². The normalized spacial score (nSPS) is 14.6. The number of aromatic nitrogens is 3. The Balaban J connectivity index is 1.03. The third-order valence-electron chi connectivity index (χ3n) is 13.5. The molecule has 0 saturated carbocycles. The van der Waals surface area contributed by atoms with Crippen molar-refractivity contribution in [2.75, 3.05) is 69.7 Å². The van der Waals surface area contributed by atoms with Crippen molar-refractivity contribution in [3.05, 3.63) is 101 Å². The zero-order valence-corrected chi connectivity index (χ0v) is 45.3. The smallest absolute Gasteiger partial charge is 0.326 e. The van der Waals surface area contributed by atoms with Gasteiger partial charge in [-0.2, -0.15) is 0 Å². The number of urea groups is 4. The molecule has 4 atom stereocenters. The van der Waals surface area contributed by atoms with Crippen LogP contribution >= 0.6 is 0 Å². The number of amides is 10. The third kappa shape index (κ3) is 19.1. The Morgan fingerprint density at radius 2 is 0.859 bits per heavy atom. The summed E-state index contributed by atoms with van der Waals surface area (Å²) in [7, 11) is 0. The van der Waals surface area contributed by atoms with Gasteiger partial charge in [0.05, 0.1) is 24.3 Å². The lowest BCUT2D eigenvalue weighted by Gasteiger charge is -2.35. The van der Waals surface area contributed by atoms with E-state index in [0.717, 1.165) is 0 Å². The van der Waals surface area contributed by atoms with E-state index in [0.29, 0.717) is 33.9 Å². The largest absolute Gasteiger partial charge is 0.481 e. The Kier molecular flexibility index (Phi) is 22.5. The summed E-state index contributed by atoms with van der Waals surface area (Å²) in [4.78, 5) is 155. The molecule has 2 fully saturated rings. The predicted octanol–water partition coefficient (Wildman–Crippen LogP) is 1.38. The molecule has 6 rings (SSSR count). The summed E-state index contributed by atoms with van der Waals surface area (Å²) in [6.07, 6.45) is -0.410. The van der Waals surface area contributed by atoms with E-state index in [1.165, 1.54) is 91.0 Å². The molecule has 3 aromatic carbocycles. The summed E-state index contributed by atoms with van der Waals surface area (Å²) in [5, 5.41) is 78.1. The molecule has 0 spiro atoms. The molecule has 454 valence electrons. The molecule has 2 aliphatic heterocycles. The zero-order valence-electron chi connectivity index (χ0n) is 45.3. The molecule has 2 saturated heterocycles. The number of carboxylic acid groups (broad SMARTS) is 6. The van der Waals surface area contributed by atoms with Crippen LogP contribution < -0.4 is 31.9 Å². The molecule has 12 N–H and O–H groups in total. The van der Waals surface area contributed by atoms with Gasteiger partial charge >= 0.3 is 59.9 Å². The molecule has 10 amide bonds. The van der Waals surface area contributed by atoms with Crippen LogP contribution in [0.15, 0.2) is 72.9 Å². The van der Waals surface area contributed by atoms with Crippen molar-refractivity contribution in [3.8, 4) is 5.69 Å². The number of rotatable bonds is 26. The molecule has 1 unspecified atom stereocenters. The van der Waals surface area contributed by atoms with E-state index in [4.69, 9.17) is 10.2 Å². The van der Waals surface area contributed by atoms with Crippen LogP contribution in [-0.2, 0) is 48.0 Å². The highest BCUT2D eigenvalue weighted by molar-refractivity contribution is 6.01. The molecular formula is C53H62FN13O18. The first-order valence-electron chi connectivity index (χ1n) is 26.5. The van der Waals surface area contributed by atoms with Gasteiger partial charge < -0.3 is 82.1 Å². The molecule has 1 aromatic heterocycles. The van der Waals surface area contributed by atoms with Gasteiger partial charge in [-0.25, -0.2) is 43.0 Å². The number of carboxylic acids is 6. The molecule has 2 aliphatic rings. The maximum Gasteiger partial charge on any atom is 0.326 e. The van der Waals surface area contributed by atoms with Crippen molar-refractivity contribution < 1.29 is 92.6 Å². The second kappa shape index (κ2) is 30.0. The number of hydrogen-bond donors (Lipinski definition) is 12. The fraction of sp³-hybridized carbons (Fsp3) is 0.396. The first kappa shape index (κ1) is 63.7. The highest BCUT2D eigenvalue weighted by atomic mass is 19.1. The van der Waals surface area contributed by atoms with Crippen LogP contribution in [0.4, 0.5) is 34.9 Å². The molecule has 4 aromatic rings. The van der Waals surface area contributed by atoms with E-state index in [-0.39, 0.29) is 89.2 Å². The zero-order chi connectivity index (χ0) is 61.9. The summed E-state index contributed by atoms with van der Waals surface area (Å²) in [6, 6.07) is 7.08. The average molecular weight is 1190 g/mol. The minimum Gasteiger partial charge on any atom is -0.481 e. The fourth-order valence-corrected chi connectivity index (χ4v) is 8.86. The number of anilines is 2. The van der Waals surface area contributed by atoms with Gasteiger partial charge in [-0.15, -0.1) is 5.10 Å². The van der Waals surface area contributed by atoms with E-state index >= 15 is 0 Å². The standard InChI is InChI=1S/C53H62FN13O18/c54-15-1-2-36-29-67(62-61-36)37-27-32(44(72)63-16-20-65(21-17-63)52(84)55-34-7-3-30(4-8-34)24-40(48(78)79)59-50(82)57-38(46(74)75)11-13-42(68)69)26-33(28-37)45(73)64-18-22-66(23-19-64)53(85)56-35-9-5-31(6-10-35)25-41(49(80)81)60-51(83)58-39(47(76)77)12-14-43(70)71/h3-10,26-29,38-41H,1-2,11-25H2,(H,55,84)(H,56,85)(H,68,69)(H,70,71)(H,74,75)(H,76,77)(H,78,79)(H,80,81)(H2,57,59,82)(H2,58,60,83)/t38-,39-,40-,41?/m0/s1. The Bertz CT molecular complexity index is 2950. The quantitative estimate of drug-likeness (QED) is 0.0422. The van der Waals surface area contributed by atoms with E-state index in [9.17, 15) is 82.4 Å². The fourth-order valence-electron chi connectivity index (χ4n) is 8.86. The molecular weight excluding hydrogens is 1130 g/mol. The van der Waals surface area contributed by atoms with E-state index in [2.05, 4.69) is 42.2 Å². The van der Waals surface area contributed by atoms with Gasteiger partial charge in [-0.05, 0) is 79.3 Å². The molecule has 31 nitrogen and oxygen atoms in total. The van der Waals surface area contributed by atoms with Gasteiger partial charge in [-0.3, -0.25) is 23.6 Å². The third-order valence-corrected chi connectivity index (χ3v) is 13.5. The first-order valence-corrected chi connectivity index (χ1v) is 26.5. The number of benzene rings is 3. The second-order valence-electron chi connectivity index (χ2n) is 19.6. The number of carbonyl (C=O) groups excluding carboxylic acids is 6. The van der Waals surface area contributed by atoms with Gasteiger partial charge in [0.2, 0.25) is 0 Å². The molecule has 0 aliphatic carbocycles. The Hall–Kier alpha value is -10.4. The van der Waals surface area contributed by atoms with Crippen LogP contribution in [0.1, 0.15) is 69.6 Å². The Labute approximate surface area is 482 Å². The maximum atomic E-state index is 14.2. The summed E-state index contributed by atoms with van der Waals surface area (Å²) >= 11 is 0. The summed E-state index contributed by atoms with van der Waals surface area (Å²) in [6.45, 7) is 0.192. The van der Waals surface area contributed by atoms with Crippen molar-refractivity contribution in [1.82, 2.24) is 55.9 Å². The number of carbonyl (C=O) groups is 12. The number of piperazine rings is 2. The minimum absolute atomic E-state index is 0.0913. The lowest BCUT2D eigenvalue weighted by molar-refractivity contribution is -0.142. The minimum atomic E-state index is -1.58. The summed E-state index contributed by atoms with van der Waals surface area (Å²) in [5.74, 6) is -9.38. The second-order valence-corrected chi connectivity index (χ2v) is 19.6. The first-order chi connectivity index (χ1) is 40.5. The number of halogens is 1. The Morgan fingerprint density at radius 3 is 1.21 bits per heavy atom. The molecule has 0 bridgehead atoms. The molecule has 3 heterocycles. The lowest BCUT2D eigenvalue weighted by Crippen LogP contribution is -2.52. The summed E-state index contributed by atoms with van der Waals surface area (Å²) in [5.41, 5.74) is 2.52. The van der Waals surface area contributed by atoms with Crippen LogP contribution in [0.25, 0.3) is 5.69 Å². The number of alkyl halides is 1. The van der Waals surface area contributed by atoms with Crippen molar-refractivity contribution in [2.45, 2.75) is 75.5 Å². The Morgan fingerprint density at radius 1 is 0.494 bits per heavy atom. The van der Waals surface area contributed by atoms with E-state index in [1.807, 2.05) is 0 Å². The molecule has 85 heavy (non-hydrogen) atoms. The number of nitrogens with zero attached hydrogens (tertiary/aromatic N) is 7. The van der Waals surface area contributed by atoms with Crippen LogP contribution in [0, 0.1) is 0 Å². The predicted molar refractivity (Wildman–Crippen MR) is 292 cm³/mol. The lowest BCUT2D eigenvalue weighted by atomic mass is 10.1. The van der Waals surface area contributed by atoms with Crippen LogP contribution in [-0.4, -0.2) is 220 Å². The monoisotopic (exact) mass is 1190 g/mol. The van der Waals surface area contributed by atoms with E-state index in [1.54, 1.807) is 6.20 Å². The SMILES string of the molecule is O=C(O)CC[C@H](NC(=O)NC(Cc1ccc(NC(=O)N2CCN(C(=O)c3cc(C(=O)N4CCN(C(=O)Nc5ccc(C[C@H](NC(=O)N[C@@H](CCC(=O)O)C(=O)O)C(=O)O)cc5)CC4)cc(-n4cc(CCCF)nn4)c3)CC2)cc1)C(=O)O)C(=O)O. The highest BCUT2D eigenvalue weighted by Gasteiger charge is 2.31. The van der Waals surface area contributed by atoms with Crippen molar-refractivity contribution in [2.24, 2.45) is 0 Å². The summed E-state index contributed by atoms with van der Waals surface area (Å²) < 4.78 is 14.4. The average Bonchev–Trinajstić information content (AvgIpc) is 4.12. The van der Waals surface area contributed by atoms with Crippen LogP contribution in [0.2, 0.25) is 0 Å². The maximum absolute atomic E-state index is 14.2. The topological polar surface area (TPSA) is 442 Å². The van der Waals surface area contributed by atoms with Crippen molar-refractivity contribution in [1.29, 1.82) is 0 Å². The number of nitrogens with one attached hydrogen (secondary N) is 6. The number of hydrogen-bond acceptors (Lipinski definition) is 14. The van der Waals surface area contributed by atoms with Gasteiger partial charge in [0.1, 0.15) is 24.2 Å². The van der Waals surface area contributed by atoms with E-state index < -0.39 is 128 Å². The highest BCUT2D eigenvalue weighted by Crippen LogP contribution is 2.22. The van der Waals surface area contributed by atoms with Gasteiger partial charge in [-0.1, -0.05) is 29.5 Å². The van der Waals surface area contributed by atoms with Crippen LogP contribution in [0.3, 0.4) is 0 Å². The van der Waals surface area contributed by atoms with Crippen molar-refractivity contribution >= 4 is 83.1 Å². The van der Waals surface area contributed by atoms with Gasteiger partial charge in [0.15, 0.2) is 0 Å². The number of aryl methyl sites for hydroxylation is 1. The molecule has 32 heteroatoms.